The smallest absolute Gasteiger partial charge is 0.257 e. The van der Waals surface area contributed by atoms with E-state index in [-0.39, 0.29) is 6.04 Å². The van der Waals surface area contributed by atoms with Crippen LogP contribution in [0.1, 0.15) is 19.8 Å². The Kier molecular flexibility index (Phi) is 7.74. The predicted octanol–water partition coefficient (Wildman–Crippen LogP) is 2.49. The highest BCUT2D eigenvalue weighted by Gasteiger charge is 2.21. The van der Waals surface area contributed by atoms with Crippen LogP contribution < -0.4 is 25.0 Å². The summed E-state index contributed by atoms with van der Waals surface area (Å²) in [4.78, 5) is 6.20. The van der Waals surface area contributed by atoms with Crippen LogP contribution in [0.4, 0.5) is 14.5 Å². The number of piperidine rings is 1. The first-order valence-corrected chi connectivity index (χ1v) is 8.86. The molecule has 1 fully saturated rings. The average molecular weight is 370 g/mol. The molecule has 146 valence electrons. The van der Waals surface area contributed by atoms with Gasteiger partial charge in [0.15, 0.2) is 5.96 Å². The van der Waals surface area contributed by atoms with Crippen LogP contribution in [0.15, 0.2) is 23.2 Å². The fourth-order valence-corrected chi connectivity index (χ4v) is 2.93. The fourth-order valence-electron chi connectivity index (χ4n) is 2.93. The third-order valence-electron chi connectivity index (χ3n) is 4.27. The molecule has 0 bridgehead atoms. The summed E-state index contributed by atoms with van der Waals surface area (Å²) in [5, 5.41) is 6.28. The van der Waals surface area contributed by atoms with Crippen molar-refractivity contribution in [3.63, 3.8) is 0 Å². The van der Waals surface area contributed by atoms with Gasteiger partial charge in [-0.3, -0.25) is 0 Å². The monoisotopic (exact) mass is 370 g/mol. The summed E-state index contributed by atoms with van der Waals surface area (Å²) >= 11 is 0. The number of nitrogens with one attached hydrogen (secondary N) is 2. The van der Waals surface area contributed by atoms with Gasteiger partial charge < -0.3 is 25.0 Å². The van der Waals surface area contributed by atoms with E-state index in [2.05, 4.69) is 20.5 Å². The molecule has 26 heavy (non-hydrogen) atoms. The standard InChI is InChI=1S/C18H28F2N4O2/c1-4-21-18(22-12-17(19)20)23-13-5-7-24(8-6-13)14-9-15(25-2)11-16(10-14)26-3/h9-11,13,17H,4-8,12H2,1-3H3,(H2,21,22,23). The maximum Gasteiger partial charge on any atom is 0.257 e. The van der Waals surface area contributed by atoms with Crippen molar-refractivity contribution in [2.75, 3.05) is 45.3 Å². The quantitative estimate of drug-likeness (QED) is 0.571. The number of anilines is 1. The van der Waals surface area contributed by atoms with Gasteiger partial charge in [-0.1, -0.05) is 0 Å². The van der Waals surface area contributed by atoms with Crippen molar-refractivity contribution in [2.24, 2.45) is 4.99 Å². The lowest BCUT2D eigenvalue weighted by Gasteiger charge is -2.34. The molecule has 2 N–H and O–H groups in total. The molecule has 0 saturated carbocycles. The molecule has 6 nitrogen and oxygen atoms in total. The van der Waals surface area contributed by atoms with Gasteiger partial charge in [0, 0.05) is 49.6 Å². The summed E-state index contributed by atoms with van der Waals surface area (Å²) in [6, 6.07) is 6.03. The minimum Gasteiger partial charge on any atom is -0.497 e. The Labute approximate surface area is 153 Å². The SMILES string of the molecule is CCNC(=NCC(F)F)NC1CCN(c2cc(OC)cc(OC)c2)CC1. The maximum absolute atomic E-state index is 12.4. The molecule has 1 aromatic carbocycles. The Balaban J connectivity index is 1.95. The van der Waals surface area contributed by atoms with Crippen LogP contribution in [0.3, 0.4) is 0 Å². The number of alkyl halides is 2. The lowest BCUT2D eigenvalue weighted by molar-refractivity contribution is 0.158. The summed E-state index contributed by atoms with van der Waals surface area (Å²) in [7, 11) is 3.27. The number of nitrogens with zero attached hydrogens (tertiary/aromatic N) is 2. The minimum absolute atomic E-state index is 0.203. The van der Waals surface area contributed by atoms with Gasteiger partial charge in [0.1, 0.15) is 18.0 Å². The van der Waals surface area contributed by atoms with Crippen molar-refractivity contribution < 1.29 is 18.3 Å². The van der Waals surface area contributed by atoms with Gasteiger partial charge in [-0.05, 0) is 19.8 Å². The number of aliphatic imine (C=N–C) groups is 1. The Morgan fingerprint density at radius 2 is 1.81 bits per heavy atom. The number of hydrogen-bond donors (Lipinski definition) is 2. The van der Waals surface area contributed by atoms with Gasteiger partial charge >= 0.3 is 0 Å². The van der Waals surface area contributed by atoms with Crippen molar-refractivity contribution in [3.8, 4) is 11.5 Å². The van der Waals surface area contributed by atoms with Crippen LogP contribution in [-0.4, -0.2) is 58.8 Å². The molecule has 0 aromatic heterocycles. The number of hydrogen-bond acceptors (Lipinski definition) is 4. The topological polar surface area (TPSA) is 58.1 Å². The Morgan fingerprint density at radius 1 is 1.19 bits per heavy atom. The summed E-state index contributed by atoms with van der Waals surface area (Å²) in [6.07, 6.45) is -0.660. The number of methoxy groups -OCH3 is 2. The number of guanidine groups is 1. The van der Waals surface area contributed by atoms with Crippen molar-refractivity contribution >= 4 is 11.6 Å². The zero-order valence-corrected chi connectivity index (χ0v) is 15.6. The van der Waals surface area contributed by atoms with Crippen molar-refractivity contribution in [3.05, 3.63) is 18.2 Å². The first-order valence-electron chi connectivity index (χ1n) is 8.86. The molecule has 1 aliphatic heterocycles. The highest BCUT2D eigenvalue weighted by Crippen LogP contribution is 2.30. The lowest BCUT2D eigenvalue weighted by Crippen LogP contribution is -2.49. The summed E-state index contributed by atoms with van der Waals surface area (Å²) in [5.74, 6) is 1.97. The van der Waals surface area contributed by atoms with Crippen molar-refractivity contribution in [1.29, 1.82) is 0 Å². The molecular weight excluding hydrogens is 342 g/mol. The Bertz CT molecular complexity index is 568. The van der Waals surface area contributed by atoms with E-state index in [1.807, 2.05) is 25.1 Å². The van der Waals surface area contributed by atoms with E-state index in [1.54, 1.807) is 14.2 Å². The molecular formula is C18H28F2N4O2. The van der Waals surface area contributed by atoms with E-state index in [1.165, 1.54) is 0 Å². The zero-order valence-electron chi connectivity index (χ0n) is 15.6. The van der Waals surface area contributed by atoms with E-state index in [0.29, 0.717) is 12.5 Å². The molecule has 1 aliphatic rings. The van der Waals surface area contributed by atoms with Gasteiger partial charge in [0.2, 0.25) is 0 Å². The number of halogens is 2. The molecule has 8 heteroatoms. The molecule has 0 unspecified atom stereocenters. The van der Waals surface area contributed by atoms with Crippen molar-refractivity contribution in [1.82, 2.24) is 10.6 Å². The first kappa shape index (κ1) is 20.1. The second-order valence-corrected chi connectivity index (χ2v) is 6.09. The van der Waals surface area contributed by atoms with Crippen molar-refractivity contribution in [2.45, 2.75) is 32.2 Å². The third kappa shape index (κ3) is 5.93. The number of ether oxygens (including phenoxy) is 2. The maximum atomic E-state index is 12.4. The average Bonchev–Trinajstić information content (AvgIpc) is 2.66. The van der Waals surface area contributed by atoms with E-state index >= 15 is 0 Å². The van der Waals surface area contributed by atoms with Crippen LogP contribution in [0, 0.1) is 0 Å². The fraction of sp³-hybridized carbons (Fsp3) is 0.611. The van der Waals surface area contributed by atoms with E-state index in [9.17, 15) is 8.78 Å². The molecule has 0 spiro atoms. The lowest BCUT2D eigenvalue weighted by atomic mass is 10.0. The highest BCUT2D eigenvalue weighted by molar-refractivity contribution is 5.80. The molecule has 1 heterocycles. The zero-order chi connectivity index (χ0) is 18.9. The van der Waals surface area contributed by atoms with E-state index in [0.717, 1.165) is 43.1 Å². The van der Waals surface area contributed by atoms with Gasteiger partial charge in [-0.2, -0.15) is 0 Å². The number of benzene rings is 1. The number of rotatable bonds is 7. The summed E-state index contributed by atoms with van der Waals surface area (Å²) in [5.41, 5.74) is 1.05. The summed E-state index contributed by atoms with van der Waals surface area (Å²) < 4.78 is 35.4. The molecule has 0 radical (unpaired) electrons. The molecule has 0 aliphatic carbocycles. The first-order chi connectivity index (χ1) is 12.5. The van der Waals surface area contributed by atoms with Gasteiger partial charge in [0.05, 0.1) is 14.2 Å². The van der Waals surface area contributed by atoms with Crippen LogP contribution in [0.2, 0.25) is 0 Å². The largest absolute Gasteiger partial charge is 0.497 e. The van der Waals surface area contributed by atoms with Crippen LogP contribution in [0.5, 0.6) is 11.5 Å². The molecule has 1 aromatic rings. The van der Waals surface area contributed by atoms with Crippen LogP contribution >= 0.6 is 0 Å². The minimum atomic E-state index is -2.43. The molecule has 0 amide bonds. The molecule has 1 saturated heterocycles. The Morgan fingerprint density at radius 3 is 2.31 bits per heavy atom. The predicted molar refractivity (Wildman–Crippen MR) is 99.9 cm³/mol. The third-order valence-corrected chi connectivity index (χ3v) is 4.27. The van der Waals surface area contributed by atoms with Gasteiger partial charge in [0.25, 0.3) is 6.43 Å². The second-order valence-electron chi connectivity index (χ2n) is 6.09. The normalized spacial score (nSPS) is 15.9. The Hall–Kier alpha value is -2.25. The summed E-state index contributed by atoms with van der Waals surface area (Å²) in [6.45, 7) is 3.76. The second kappa shape index (κ2) is 10.0. The van der Waals surface area contributed by atoms with Crippen LogP contribution in [-0.2, 0) is 0 Å². The molecule has 0 atom stereocenters. The van der Waals surface area contributed by atoms with Crippen LogP contribution in [0.25, 0.3) is 0 Å². The van der Waals surface area contributed by atoms with E-state index in [4.69, 9.17) is 9.47 Å². The highest BCUT2D eigenvalue weighted by atomic mass is 19.3. The van der Waals surface area contributed by atoms with Gasteiger partial charge in [-0.15, -0.1) is 0 Å². The van der Waals surface area contributed by atoms with E-state index < -0.39 is 13.0 Å². The molecule has 2 rings (SSSR count). The van der Waals surface area contributed by atoms with Gasteiger partial charge in [-0.25, -0.2) is 13.8 Å².